The van der Waals surface area contributed by atoms with Gasteiger partial charge in [-0.15, -0.1) is 0 Å². The average molecular weight is 194 g/mol. The van der Waals surface area contributed by atoms with Crippen LogP contribution in [0.1, 0.15) is 13.8 Å². The maximum atomic E-state index is 10.5. The molecule has 5 heteroatoms. The van der Waals surface area contributed by atoms with Crippen LogP contribution in [0, 0.1) is 5.92 Å². The minimum absolute atomic E-state index is 0. The summed E-state index contributed by atoms with van der Waals surface area (Å²) in [5, 5.41) is 10.5. The minimum Gasteiger partial charge on any atom is -0.548 e. The SMILES string of the molecule is CC(C)[C@H](N=CN(C)C)C(=O)[O-].[Na+]. The quantitative estimate of drug-likeness (QED) is 0.263. The third-order valence-corrected chi connectivity index (χ3v) is 1.33. The fraction of sp³-hybridized carbons (Fsp3) is 0.750. The van der Waals surface area contributed by atoms with E-state index in [-0.39, 0.29) is 35.5 Å². The molecule has 4 nitrogen and oxygen atoms in total. The van der Waals surface area contributed by atoms with Gasteiger partial charge in [-0.05, 0) is 5.92 Å². The van der Waals surface area contributed by atoms with Gasteiger partial charge in [0.25, 0.3) is 0 Å². The van der Waals surface area contributed by atoms with Gasteiger partial charge < -0.3 is 14.8 Å². The summed E-state index contributed by atoms with van der Waals surface area (Å²) in [4.78, 5) is 16.1. The maximum Gasteiger partial charge on any atom is 1.00 e. The Hall–Kier alpha value is -0.0600. The number of hydrogen-bond donors (Lipinski definition) is 0. The molecule has 0 saturated carbocycles. The second-order valence-electron chi connectivity index (χ2n) is 3.24. The molecule has 0 fully saturated rings. The molecule has 0 rings (SSSR count). The van der Waals surface area contributed by atoms with Crippen LogP contribution in [-0.2, 0) is 4.79 Å². The molecular formula is C8H15N2NaO2. The first-order valence-electron chi connectivity index (χ1n) is 3.85. The molecule has 0 N–H and O–H groups in total. The summed E-state index contributed by atoms with van der Waals surface area (Å²) in [6.45, 7) is 3.60. The van der Waals surface area contributed by atoms with Crippen molar-refractivity contribution in [3.8, 4) is 0 Å². The Kier molecular flexibility index (Phi) is 8.72. The number of rotatable bonds is 4. The van der Waals surface area contributed by atoms with Gasteiger partial charge in [-0.1, -0.05) is 13.8 Å². The van der Waals surface area contributed by atoms with Gasteiger partial charge in [-0.25, -0.2) is 0 Å². The van der Waals surface area contributed by atoms with Crippen molar-refractivity contribution in [2.45, 2.75) is 19.9 Å². The summed E-state index contributed by atoms with van der Waals surface area (Å²) >= 11 is 0. The Morgan fingerprint density at radius 3 is 2.15 bits per heavy atom. The normalized spacial score (nSPS) is 12.7. The van der Waals surface area contributed by atoms with E-state index in [1.54, 1.807) is 32.8 Å². The second kappa shape index (κ2) is 7.35. The summed E-state index contributed by atoms with van der Waals surface area (Å²) < 4.78 is 0. The van der Waals surface area contributed by atoms with Crippen molar-refractivity contribution in [1.82, 2.24) is 4.90 Å². The largest absolute Gasteiger partial charge is 1.00 e. The number of aliphatic carboxylic acids is 1. The number of carboxylic acid groups (broad SMARTS) is 1. The summed E-state index contributed by atoms with van der Waals surface area (Å²) in [5.41, 5.74) is 0. The van der Waals surface area contributed by atoms with Gasteiger partial charge in [0, 0.05) is 14.1 Å². The number of hydrogen-bond acceptors (Lipinski definition) is 3. The molecule has 1 atom stereocenters. The van der Waals surface area contributed by atoms with Crippen molar-refractivity contribution in [2.24, 2.45) is 10.9 Å². The summed E-state index contributed by atoms with van der Waals surface area (Å²) in [6.07, 6.45) is 1.49. The zero-order valence-corrected chi connectivity index (χ0v) is 10.9. The molecule has 0 aromatic rings. The molecule has 0 spiro atoms. The van der Waals surface area contributed by atoms with E-state index in [2.05, 4.69) is 4.99 Å². The number of nitrogens with zero attached hydrogens (tertiary/aromatic N) is 2. The van der Waals surface area contributed by atoms with E-state index in [0.717, 1.165) is 0 Å². The number of carbonyl (C=O) groups excluding carboxylic acids is 1. The standard InChI is InChI=1S/C8H16N2O2.Na/c1-6(2)7(8(11)12)9-5-10(3)4;/h5-7H,1-4H3,(H,11,12);/q;+1/p-1/t7-;/m0./s1. The fourth-order valence-corrected chi connectivity index (χ4v) is 0.710. The van der Waals surface area contributed by atoms with E-state index in [9.17, 15) is 9.90 Å². The molecule has 0 heterocycles. The third kappa shape index (κ3) is 7.05. The average Bonchev–Trinajstić information content (AvgIpc) is 1.84. The van der Waals surface area contributed by atoms with E-state index in [4.69, 9.17) is 0 Å². The van der Waals surface area contributed by atoms with Crippen molar-refractivity contribution >= 4 is 12.3 Å². The van der Waals surface area contributed by atoms with Crippen LogP contribution in [0.2, 0.25) is 0 Å². The number of carbonyl (C=O) groups is 1. The van der Waals surface area contributed by atoms with E-state index >= 15 is 0 Å². The molecule has 0 bridgehead atoms. The van der Waals surface area contributed by atoms with Crippen molar-refractivity contribution in [1.29, 1.82) is 0 Å². The minimum atomic E-state index is -1.12. The molecule has 13 heavy (non-hydrogen) atoms. The molecule has 0 amide bonds. The Morgan fingerprint density at radius 1 is 1.46 bits per heavy atom. The fourth-order valence-electron chi connectivity index (χ4n) is 0.710. The Morgan fingerprint density at radius 2 is 1.92 bits per heavy atom. The van der Waals surface area contributed by atoms with Gasteiger partial charge in [-0.3, -0.25) is 4.99 Å². The van der Waals surface area contributed by atoms with Gasteiger partial charge in [0.1, 0.15) is 0 Å². The van der Waals surface area contributed by atoms with Crippen LogP contribution in [0.5, 0.6) is 0 Å². The first kappa shape index (κ1) is 15.4. The van der Waals surface area contributed by atoms with Gasteiger partial charge in [0.05, 0.1) is 18.3 Å². The van der Waals surface area contributed by atoms with E-state index < -0.39 is 12.0 Å². The monoisotopic (exact) mass is 194 g/mol. The molecule has 0 saturated heterocycles. The van der Waals surface area contributed by atoms with Crippen LogP contribution >= 0.6 is 0 Å². The summed E-state index contributed by atoms with van der Waals surface area (Å²) in [5.74, 6) is -1.16. The molecule has 0 radical (unpaired) electrons. The molecule has 70 valence electrons. The van der Waals surface area contributed by atoms with Gasteiger partial charge in [0.2, 0.25) is 0 Å². The first-order chi connectivity index (χ1) is 5.45. The molecule has 0 aromatic carbocycles. The topological polar surface area (TPSA) is 55.7 Å². The number of carboxylic acids is 1. The predicted molar refractivity (Wildman–Crippen MR) is 45.8 cm³/mol. The predicted octanol–water partition coefficient (Wildman–Crippen LogP) is -3.65. The molecule has 0 aliphatic heterocycles. The van der Waals surface area contributed by atoms with Crippen molar-refractivity contribution in [2.75, 3.05) is 14.1 Å². The zero-order valence-electron chi connectivity index (χ0n) is 8.94. The van der Waals surface area contributed by atoms with Gasteiger partial charge in [0.15, 0.2) is 0 Å². The van der Waals surface area contributed by atoms with Crippen molar-refractivity contribution in [3.63, 3.8) is 0 Å². The maximum absolute atomic E-state index is 10.5. The van der Waals surface area contributed by atoms with Crippen molar-refractivity contribution in [3.05, 3.63) is 0 Å². The van der Waals surface area contributed by atoms with Crippen LogP contribution < -0.4 is 34.7 Å². The van der Waals surface area contributed by atoms with Crippen molar-refractivity contribution < 1.29 is 39.5 Å². The molecule has 0 aliphatic carbocycles. The zero-order chi connectivity index (χ0) is 9.72. The second-order valence-corrected chi connectivity index (χ2v) is 3.24. The van der Waals surface area contributed by atoms with Crippen LogP contribution in [0.3, 0.4) is 0 Å². The van der Waals surface area contributed by atoms with E-state index in [1.165, 1.54) is 6.34 Å². The molecule has 0 aromatic heterocycles. The summed E-state index contributed by atoms with van der Waals surface area (Å²) in [7, 11) is 3.58. The number of aliphatic imine (C=N–C) groups is 1. The van der Waals surface area contributed by atoms with E-state index in [1.807, 2.05) is 0 Å². The van der Waals surface area contributed by atoms with Crippen LogP contribution in [0.25, 0.3) is 0 Å². The molecular weight excluding hydrogens is 179 g/mol. The van der Waals surface area contributed by atoms with E-state index in [0.29, 0.717) is 0 Å². The van der Waals surface area contributed by atoms with Crippen LogP contribution in [-0.4, -0.2) is 37.3 Å². The van der Waals surface area contributed by atoms with Crippen LogP contribution in [0.15, 0.2) is 4.99 Å². The smallest absolute Gasteiger partial charge is 0.548 e. The molecule has 0 unspecified atom stereocenters. The Labute approximate surface area is 101 Å². The molecule has 0 aliphatic rings. The van der Waals surface area contributed by atoms with Gasteiger partial charge >= 0.3 is 29.6 Å². The summed E-state index contributed by atoms with van der Waals surface area (Å²) in [6, 6.07) is -0.743. The van der Waals surface area contributed by atoms with Crippen LogP contribution in [0.4, 0.5) is 0 Å². The van der Waals surface area contributed by atoms with Gasteiger partial charge in [-0.2, -0.15) is 0 Å². The Balaban J connectivity index is 0. The Bertz CT molecular complexity index is 181. The first-order valence-corrected chi connectivity index (χ1v) is 3.85. The third-order valence-electron chi connectivity index (χ3n) is 1.33.